The second-order valence-electron chi connectivity index (χ2n) is 5.71. The minimum Gasteiger partial charge on any atom is -0.451 e. The molecule has 10 nitrogen and oxygen atoms in total. The van der Waals surface area contributed by atoms with E-state index in [0.717, 1.165) is 6.26 Å². The van der Waals surface area contributed by atoms with E-state index in [1.165, 1.54) is 12.1 Å². The van der Waals surface area contributed by atoms with Gasteiger partial charge in [-0.15, -0.1) is 0 Å². The van der Waals surface area contributed by atoms with Crippen molar-refractivity contribution in [2.45, 2.75) is 13.0 Å². The largest absolute Gasteiger partial charge is 0.451 e. The Kier molecular flexibility index (Phi) is 5.60. The number of nitrogens with zero attached hydrogens (tertiary/aromatic N) is 4. The molecule has 140 valence electrons. The Balaban J connectivity index is 2.25. The highest BCUT2D eigenvalue weighted by molar-refractivity contribution is 7.92. The highest BCUT2D eigenvalue weighted by Crippen LogP contribution is 2.22. The van der Waals surface area contributed by atoms with E-state index in [0.29, 0.717) is 5.95 Å². The molecule has 0 fully saturated rings. The second kappa shape index (κ2) is 7.52. The van der Waals surface area contributed by atoms with E-state index in [9.17, 15) is 13.2 Å². The number of nitrogens with one attached hydrogen (secondary N) is 1. The van der Waals surface area contributed by atoms with Crippen molar-refractivity contribution in [3.63, 3.8) is 0 Å². The maximum absolute atomic E-state index is 12.5. The molecule has 26 heavy (non-hydrogen) atoms. The first-order chi connectivity index (χ1) is 12.1. The van der Waals surface area contributed by atoms with Crippen LogP contribution in [0.4, 0.5) is 17.6 Å². The minimum atomic E-state index is -3.55. The third-order valence-corrected chi connectivity index (χ3v) is 3.74. The molecule has 0 saturated carbocycles. The summed E-state index contributed by atoms with van der Waals surface area (Å²) in [5, 5.41) is 0. The average molecular weight is 380 g/mol. The minimum absolute atomic E-state index is 0.000687. The number of aromatic nitrogens is 3. The number of rotatable bonds is 6. The topological polar surface area (TPSA) is 140 Å². The number of carbonyl (C=O) groups excluding carboxylic acids is 1. The number of sulfonamides is 1. The lowest BCUT2D eigenvalue weighted by atomic mass is 10.2. The molecule has 0 aliphatic carbocycles. The molecule has 1 atom stereocenters. The van der Waals surface area contributed by atoms with Crippen LogP contribution in [0.3, 0.4) is 0 Å². The number of nitrogen functional groups attached to an aromatic ring is 1. The molecule has 0 aliphatic rings. The first-order valence-corrected chi connectivity index (χ1v) is 9.42. The monoisotopic (exact) mass is 380 g/mol. The third kappa shape index (κ3) is 5.02. The molecule has 0 radical (unpaired) electrons. The number of nitrogens with two attached hydrogens (primary N) is 1. The smallest absolute Gasteiger partial charge is 0.340 e. The van der Waals surface area contributed by atoms with Crippen LogP contribution in [0.25, 0.3) is 0 Å². The molecule has 3 N–H and O–H groups in total. The highest BCUT2D eigenvalue weighted by Gasteiger charge is 2.21. The van der Waals surface area contributed by atoms with Crippen molar-refractivity contribution in [3.8, 4) is 0 Å². The van der Waals surface area contributed by atoms with Crippen LogP contribution in [0.1, 0.15) is 29.2 Å². The number of carbonyl (C=O) groups is 1. The number of benzene rings is 1. The van der Waals surface area contributed by atoms with Crippen LogP contribution >= 0.6 is 0 Å². The molecule has 1 unspecified atom stereocenters. The zero-order valence-electron chi connectivity index (χ0n) is 14.8. The van der Waals surface area contributed by atoms with Crippen LogP contribution in [-0.4, -0.2) is 49.7 Å². The standard InChI is InChI=1S/C15H20N6O4S/c1-9(12-17-14(16)19-15(18-12)21(2)3)25-13(22)10-7-5-6-8-11(10)20-26(4,23)24/h5-9,20H,1-4H3,(H2,16,17,18,19). The molecule has 2 rings (SSSR count). The maximum Gasteiger partial charge on any atom is 0.340 e. The van der Waals surface area contributed by atoms with Gasteiger partial charge in [-0.05, 0) is 19.1 Å². The van der Waals surface area contributed by atoms with Gasteiger partial charge in [0.25, 0.3) is 0 Å². The number of para-hydroxylation sites is 1. The fourth-order valence-electron chi connectivity index (χ4n) is 2.01. The third-order valence-electron chi connectivity index (χ3n) is 3.15. The van der Waals surface area contributed by atoms with E-state index >= 15 is 0 Å². The van der Waals surface area contributed by atoms with Crippen molar-refractivity contribution in [1.82, 2.24) is 15.0 Å². The van der Waals surface area contributed by atoms with Crippen molar-refractivity contribution in [2.75, 3.05) is 35.7 Å². The van der Waals surface area contributed by atoms with Crippen molar-refractivity contribution in [2.24, 2.45) is 0 Å². The van der Waals surface area contributed by atoms with Gasteiger partial charge in [-0.3, -0.25) is 4.72 Å². The lowest BCUT2D eigenvalue weighted by Crippen LogP contribution is -2.19. The zero-order chi connectivity index (χ0) is 19.5. The first-order valence-electron chi connectivity index (χ1n) is 7.53. The Labute approximate surface area is 151 Å². The summed E-state index contributed by atoms with van der Waals surface area (Å²) in [7, 11) is -0.0705. The van der Waals surface area contributed by atoms with Gasteiger partial charge in [0.1, 0.15) is 0 Å². The van der Waals surface area contributed by atoms with Gasteiger partial charge in [0.15, 0.2) is 11.9 Å². The average Bonchev–Trinajstić information content (AvgIpc) is 2.53. The number of hydrogen-bond donors (Lipinski definition) is 2. The molecule has 1 heterocycles. The number of ether oxygens (including phenoxy) is 1. The summed E-state index contributed by atoms with van der Waals surface area (Å²) >= 11 is 0. The van der Waals surface area contributed by atoms with Crippen LogP contribution in [-0.2, 0) is 14.8 Å². The SMILES string of the molecule is CC(OC(=O)c1ccccc1NS(C)(=O)=O)c1nc(N)nc(N(C)C)n1. The summed E-state index contributed by atoms with van der Waals surface area (Å²) in [5.74, 6) is -0.215. The predicted molar refractivity (Wildman–Crippen MR) is 97.3 cm³/mol. The fourth-order valence-corrected chi connectivity index (χ4v) is 2.58. The predicted octanol–water partition coefficient (Wildman–Crippen LogP) is 0.809. The lowest BCUT2D eigenvalue weighted by molar-refractivity contribution is 0.0321. The van der Waals surface area contributed by atoms with E-state index in [4.69, 9.17) is 10.5 Å². The van der Waals surface area contributed by atoms with E-state index in [2.05, 4.69) is 19.7 Å². The molecule has 1 aromatic carbocycles. The van der Waals surface area contributed by atoms with E-state index in [1.807, 2.05) is 0 Å². The molecule has 1 aromatic heterocycles. The fraction of sp³-hybridized carbons (Fsp3) is 0.333. The maximum atomic E-state index is 12.5. The number of hydrogen-bond acceptors (Lipinski definition) is 9. The molecule has 0 saturated heterocycles. The van der Waals surface area contributed by atoms with Gasteiger partial charge in [-0.2, -0.15) is 15.0 Å². The van der Waals surface area contributed by atoms with Gasteiger partial charge < -0.3 is 15.4 Å². The van der Waals surface area contributed by atoms with E-state index < -0.39 is 22.1 Å². The van der Waals surface area contributed by atoms with Crippen LogP contribution < -0.4 is 15.4 Å². The highest BCUT2D eigenvalue weighted by atomic mass is 32.2. The Bertz CT molecular complexity index is 916. The Hall–Kier alpha value is -2.95. The van der Waals surface area contributed by atoms with Crippen molar-refractivity contribution < 1.29 is 17.9 Å². The summed E-state index contributed by atoms with van der Waals surface area (Å²) in [6.45, 7) is 1.58. The van der Waals surface area contributed by atoms with Crippen LogP contribution in [0.15, 0.2) is 24.3 Å². The quantitative estimate of drug-likeness (QED) is 0.696. The normalized spacial score (nSPS) is 12.3. The molecule has 0 amide bonds. The van der Waals surface area contributed by atoms with Crippen molar-refractivity contribution >= 4 is 33.6 Å². The summed E-state index contributed by atoms with van der Waals surface area (Å²) in [5.41, 5.74) is 5.86. The van der Waals surface area contributed by atoms with Crippen LogP contribution in [0, 0.1) is 0 Å². The van der Waals surface area contributed by atoms with Crippen LogP contribution in [0.5, 0.6) is 0 Å². The molecule has 11 heteroatoms. The van der Waals surface area contributed by atoms with Gasteiger partial charge in [-0.25, -0.2) is 13.2 Å². The van der Waals surface area contributed by atoms with Crippen molar-refractivity contribution in [1.29, 1.82) is 0 Å². The second-order valence-corrected chi connectivity index (χ2v) is 7.46. The molecule has 0 aliphatic heterocycles. The molecule has 0 spiro atoms. The van der Waals surface area contributed by atoms with Gasteiger partial charge >= 0.3 is 5.97 Å². The molecule has 2 aromatic rings. The summed E-state index contributed by atoms with van der Waals surface area (Å²) in [6.07, 6.45) is 0.173. The number of anilines is 3. The number of esters is 1. The Morgan fingerprint density at radius 2 is 1.88 bits per heavy atom. The zero-order valence-corrected chi connectivity index (χ0v) is 15.6. The summed E-state index contributed by atoms with van der Waals surface area (Å²) < 4.78 is 30.5. The Morgan fingerprint density at radius 1 is 1.23 bits per heavy atom. The van der Waals surface area contributed by atoms with E-state index in [-0.39, 0.29) is 23.0 Å². The van der Waals surface area contributed by atoms with Gasteiger partial charge in [0, 0.05) is 14.1 Å². The van der Waals surface area contributed by atoms with Gasteiger partial charge in [-0.1, -0.05) is 12.1 Å². The van der Waals surface area contributed by atoms with E-state index in [1.54, 1.807) is 38.1 Å². The van der Waals surface area contributed by atoms with Crippen LogP contribution in [0.2, 0.25) is 0 Å². The summed E-state index contributed by atoms with van der Waals surface area (Å²) in [4.78, 5) is 26.3. The van der Waals surface area contributed by atoms with Gasteiger partial charge in [0.2, 0.25) is 21.9 Å². The first kappa shape index (κ1) is 19.4. The molecule has 0 bridgehead atoms. The molecular formula is C15H20N6O4S. The van der Waals surface area contributed by atoms with Gasteiger partial charge in [0.05, 0.1) is 17.5 Å². The lowest BCUT2D eigenvalue weighted by Gasteiger charge is -2.16. The molecular weight excluding hydrogens is 360 g/mol. The Morgan fingerprint density at radius 3 is 2.50 bits per heavy atom. The van der Waals surface area contributed by atoms with Crippen molar-refractivity contribution in [3.05, 3.63) is 35.7 Å². The summed E-state index contributed by atoms with van der Waals surface area (Å²) in [6, 6.07) is 6.12.